The summed E-state index contributed by atoms with van der Waals surface area (Å²) in [4.78, 5) is 0. The zero-order valence-electron chi connectivity index (χ0n) is 9.59. The fourth-order valence-corrected chi connectivity index (χ4v) is 1.06. The van der Waals surface area contributed by atoms with Gasteiger partial charge in [0, 0.05) is 6.54 Å². The molecule has 0 aliphatic rings. The summed E-state index contributed by atoms with van der Waals surface area (Å²) in [5.74, 6) is -0.395. The fraction of sp³-hybridized carbons (Fsp3) is 0.333. The van der Waals surface area contributed by atoms with E-state index in [-0.39, 0.29) is 23.8 Å². The molecule has 0 amide bonds. The Morgan fingerprint density at radius 3 is 2.11 bits per heavy atom. The summed E-state index contributed by atoms with van der Waals surface area (Å²) in [5.41, 5.74) is 0.574. The number of aliphatic hydroxyl groups is 1. The summed E-state index contributed by atoms with van der Waals surface area (Å²) in [5, 5.41) is 30.4. The molecule has 0 saturated carbocycles. The summed E-state index contributed by atoms with van der Waals surface area (Å²) in [7, 11) is 11.5. The molecule has 0 radical (unpaired) electrons. The van der Waals surface area contributed by atoms with E-state index >= 15 is 0 Å². The van der Waals surface area contributed by atoms with Crippen molar-refractivity contribution in [3.63, 3.8) is 0 Å². The smallest absolute Gasteiger partial charge is 0.693 e. The largest absolute Gasteiger partial charge is 0.693 e. The van der Waals surface area contributed by atoms with E-state index in [1.54, 1.807) is 13.1 Å². The zero-order valence-corrected chi connectivity index (χ0v) is 13.4. The maximum Gasteiger partial charge on any atom is -0.693 e. The van der Waals surface area contributed by atoms with Gasteiger partial charge in [0.2, 0.25) is 0 Å². The van der Waals surface area contributed by atoms with Crippen LogP contribution in [0.2, 0.25) is 0 Å². The first-order chi connectivity index (χ1) is 7.56. The third-order valence-corrected chi connectivity index (χ3v) is 1.78. The number of rotatable bonds is 3. The molecule has 0 aromatic heterocycles. The van der Waals surface area contributed by atoms with Crippen LogP contribution in [0.25, 0.3) is 12.3 Å². The van der Waals surface area contributed by atoms with E-state index in [0.717, 1.165) is 0 Å². The van der Waals surface area contributed by atoms with Crippen molar-refractivity contribution in [1.82, 2.24) is 5.32 Å². The van der Waals surface area contributed by atoms with Gasteiger partial charge in [-0.25, -0.2) is 0 Å². The SMILES string of the molecule is CNC[C@H](O)c1ccc(O)c(O)c1.[Cl][Pt+2][Cl].[NH2-].[NH2-]. The Bertz CT molecular complexity index is 321. The van der Waals surface area contributed by atoms with Gasteiger partial charge in [0.1, 0.15) is 0 Å². The van der Waals surface area contributed by atoms with Crippen LogP contribution in [-0.4, -0.2) is 28.9 Å². The first-order valence-electron chi connectivity index (χ1n) is 4.23. The molecule has 0 saturated heterocycles. The second kappa shape index (κ2) is 13.4. The molecule has 0 heterocycles. The van der Waals surface area contributed by atoms with Crippen LogP contribution in [0.15, 0.2) is 18.2 Å². The molecule has 0 fully saturated rings. The Morgan fingerprint density at radius 1 is 1.22 bits per heavy atom. The summed E-state index contributed by atoms with van der Waals surface area (Å²) in [6, 6.07) is 4.26. The Hall–Kier alpha value is -0.0717. The number of aliphatic hydroxyl groups excluding tert-OH is 1. The molecule has 0 spiro atoms. The van der Waals surface area contributed by atoms with E-state index in [2.05, 4.69) is 5.32 Å². The second-order valence-corrected chi connectivity index (χ2v) is 6.15. The first kappa shape index (κ1) is 23.1. The Balaban J connectivity index is -0.000000410. The molecule has 0 aliphatic heterocycles. The maximum atomic E-state index is 9.48. The number of phenols is 2. The number of likely N-dealkylation sites (N-methyl/N-ethyl adjacent to an activating group) is 1. The van der Waals surface area contributed by atoms with Gasteiger partial charge in [-0.05, 0) is 24.7 Å². The molecule has 1 atom stereocenters. The standard InChI is InChI=1S/C9H13NO3.2ClH.2H2N.Pt/c1-10-5-9(13)6-2-3-7(11)8(12)4-6;;;;;/h2-4,9-13H,5H2,1H3;2*1H;2*1H2;/q;;;2*-1;+4/p-2/t9-;;;;;/m0...../s1. The van der Waals surface area contributed by atoms with Crippen LogP contribution >= 0.6 is 18.8 Å². The molecule has 1 aromatic rings. The van der Waals surface area contributed by atoms with Gasteiger partial charge in [-0.1, -0.05) is 6.07 Å². The zero-order chi connectivity index (χ0) is 12.6. The van der Waals surface area contributed by atoms with Gasteiger partial charge in [0.25, 0.3) is 0 Å². The van der Waals surface area contributed by atoms with Crippen molar-refractivity contribution in [2.45, 2.75) is 6.10 Å². The van der Waals surface area contributed by atoms with Crippen LogP contribution in [0.5, 0.6) is 11.5 Å². The van der Waals surface area contributed by atoms with Crippen molar-refractivity contribution in [3.8, 4) is 11.5 Å². The minimum absolute atomic E-state index is 0. The van der Waals surface area contributed by atoms with Gasteiger partial charge >= 0.3 is 35.3 Å². The van der Waals surface area contributed by atoms with Crippen LogP contribution in [0, 0.1) is 0 Å². The van der Waals surface area contributed by atoms with E-state index in [4.69, 9.17) is 29.0 Å². The Labute approximate surface area is 123 Å². The number of aromatic hydroxyl groups is 2. The predicted molar refractivity (Wildman–Crippen MR) is 70.9 cm³/mol. The van der Waals surface area contributed by atoms with Crippen LogP contribution in [0.3, 0.4) is 0 Å². The van der Waals surface area contributed by atoms with Gasteiger partial charge in [0.15, 0.2) is 11.5 Å². The molecule has 9 heteroatoms. The van der Waals surface area contributed by atoms with Crippen LogP contribution < -0.4 is 5.32 Å². The van der Waals surface area contributed by atoms with Crippen LogP contribution in [0.1, 0.15) is 11.7 Å². The maximum absolute atomic E-state index is 9.48. The van der Waals surface area contributed by atoms with Gasteiger partial charge in [-0.2, -0.15) is 0 Å². The van der Waals surface area contributed by atoms with E-state index in [9.17, 15) is 5.11 Å². The van der Waals surface area contributed by atoms with Gasteiger partial charge < -0.3 is 32.9 Å². The van der Waals surface area contributed by atoms with Crippen LogP contribution in [0.4, 0.5) is 0 Å². The van der Waals surface area contributed by atoms with Crippen molar-refractivity contribution in [3.05, 3.63) is 36.1 Å². The van der Waals surface area contributed by atoms with Crippen molar-refractivity contribution >= 4 is 18.8 Å². The van der Waals surface area contributed by atoms with E-state index in [1.807, 2.05) is 0 Å². The number of benzene rings is 1. The summed E-state index contributed by atoms with van der Waals surface area (Å²) < 4.78 is 0. The van der Waals surface area contributed by atoms with E-state index in [0.29, 0.717) is 12.1 Å². The molecule has 6 nitrogen and oxygen atoms in total. The Kier molecular flexibility index (Phi) is 17.1. The topological polar surface area (TPSA) is 140 Å². The third kappa shape index (κ3) is 8.94. The second-order valence-electron chi connectivity index (χ2n) is 2.87. The molecule has 0 aliphatic carbocycles. The van der Waals surface area contributed by atoms with Crippen molar-refractivity contribution in [1.29, 1.82) is 0 Å². The molecule has 1 rings (SSSR count). The van der Waals surface area contributed by atoms with E-state index in [1.165, 1.54) is 12.1 Å². The predicted octanol–water partition coefficient (Wildman–Crippen LogP) is 3.16. The van der Waals surface area contributed by atoms with Gasteiger partial charge in [-0.15, -0.1) is 0 Å². The van der Waals surface area contributed by atoms with Gasteiger partial charge in [0.05, 0.1) is 6.10 Å². The molecular formula is C9H17Cl2N3O3Pt. The van der Waals surface area contributed by atoms with Crippen molar-refractivity contribution in [2.75, 3.05) is 13.6 Å². The number of hydrogen-bond acceptors (Lipinski definition) is 4. The summed E-state index contributed by atoms with van der Waals surface area (Å²) in [6.45, 7) is 0.407. The number of nitrogens with two attached hydrogens (primary N) is 2. The first-order valence-corrected chi connectivity index (χ1v) is 9.86. The number of hydrogen-bond donors (Lipinski definition) is 4. The minimum atomic E-state index is -0.670. The molecular weight excluding hydrogens is 464 g/mol. The summed E-state index contributed by atoms with van der Waals surface area (Å²) in [6.07, 6.45) is -0.670. The minimum Gasteiger partial charge on any atom is -0.693 e. The number of phenolic OH excluding ortho intramolecular Hbond substituents is 2. The van der Waals surface area contributed by atoms with Gasteiger partial charge in [-0.3, -0.25) is 0 Å². The molecule has 0 bridgehead atoms. The average Bonchev–Trinajstić information content (AvgIpc) is 2.23. The molecule has 18 heavy (non-hydrogen) atoms. The normalized spacial score (nSPS) is 10.4. The summed E-state index contributed by atoms with van der Waals surface area (Å²) >= 11 is -0.472. The molecule has 110 valence electrons. The Morgan fingerprint density at radius 2 is 1.72 bits per heavy atom. The van der Waals surface area contributed by atoms with Crippen LogP contribution in [-0.2, 0) is 16.5 Å². The average molecular weight is 481 g/mol. The molecule has 1 aromatic carbocycles. The van der Waals surface area contributed by atoms with Crippen molar-refractivity contribution < 1.29 is 31.8 Å². The quantitative estimate of drug-likeness (QED) is 0.493. The molecule has 8 N–H and O–H groups in total. The molecule has 0 unspecified atom stereocenters. The number of nitrogens with one attached hydrogen (secondary N) is 1. The third-order valence-electron chi connectivity index (χ3n) is 1.78. The van der Waals surface area contributed by atoms with E-state index < -0.39 is 22.6 Å². The fourth-order valence-electron chi connectivity index (χ4n) is 1.06. The van der Waals surface area contributed by atoms with Crippen molar-refractivity contribution in [2.24, 2.45) is 0 Å². The monoisotopic (exact) mass is 480 g/mol. The number of halogens is 2.